The summed E-state index contributed by atoms with van der Waals surface area (Å²) in [5.74, 6) is -0.00302. The van der Waals surface area contributed by atoms with Crippen molar-refractivity contribution >= 4 is 43.0 Å². The summed E-state index contributed by atoms with van der Waals surface area (Å²) in [4.78, 5) is 13.5. The molecular formula is C26H25FN2O4S2. The van der Waals surface area contributed by atoms with Crippen LogP contribution in [0.2, 0.25) is 0 Å². The molecule has 0 bridgehead atoms. The topological polar surface area (TPSA) is 75.7 Å². The van der Waals surface area contributed by atoms with Crippen molar-refractivity contribution in [2.45, 2.75) is 24.8 Å². The van der Waals surface area contributed by atoms with Gasteiger partial charge in [-0.2, -0.15) is 0 Å². The molecule has 0 saturated heterocycles. The number of nitrogens with zero attached hydrogens (tertiary/aromatic N) is 1. The number of amides is 1. The second-order valence-electron chi connectivity index (χ2n) is 7.92. The van der Waals surface area contributed by atoms with Gasteiger partial charge in [0.1, 0.15) is 11.6 Å². The molecule has 1 heterocycles. The van der Waals surface area contributed by atoms with E-state index in [9.17, 15) is 17.6 Å². The van der Waals surface area contributed by atoms with Crippen LogP contribution in [0.4, 0.5) is 10.1 Å². The van der Waals surface area contributed by atoms with Gasteiger partial charge in [-0.1, -0.05) is 12.1 Å². The van der Waals surface area contributed by atoms with Crippen molar-refractivity contribution in [3.05, 3.63) is 89.1 Å². The molecule has 1 N–H and O–H groups in total. The molecule has 1 atom stereocenters. The van der Waals surface area contributed by atoms with Gasteiger partial charge in [-0.3, -0.25) is 9.10 Å². The quantitative estimate of drug-likeness (QED) is 0.326. The molecule has 4 rings (SSSR count). The molecule has 0 fully saturated rings. The Morgan fingerprint density at radius 2 is 1.74 bits per heavy atom. The second-order valence-corrected chi connectivity index (χ2v) is 10.9. The Balaban J connectivity index is 1.58. The number of methoxy groups -OCH3 is 1. The standard InChI is InChI=1S/C26H25FN2O4S2/c1-4-29(35(31,32)23-12-10-22(33-3)11-13-23)21-9-14-24-19(15-21)16-25(34-24)26(30)28-17(2)18-5-7-20(27)8-6-18/h5-17H,4H2,1-3H3,(H,28,30)/t17-/m0/s1. The smallest absolute Gasteiger partial charge is 0.264 e. The van der Waals surface area contributed by atoms with E-state index in [0.29, 0.717) is 16.3 Å². The Hall–Kier alpha value is -3.43. The molecule has 4 aromatic rings. The van der Waals surface area contributed by atoms with E-state index in [1.807, 2.05) is 13.0 Å². The fraction of sp³-hybridized carbons (Fsp3) is 0.192. The molecule has 0 aliphatic heterocycles. The Kier molecular flexibility index (Phi) is 7.09. The first-order chi connectivity index (χ1) is 16.7. The van der Waals surface area contributed by atoms with E-state index in [0.717, 1.165) is 15.6 Å². The largest absolute Gasteiger partial charge is 0.497 e. The molecule has 0 aliphatic carbocycles. The zero-order chi connectivity index (χ0) is 25.2. The highest BCUT2D eigenvalue weighted by molar-refractivity contribution is 7.92. The van der Waals surface area contributed by atoms with Crippen molar-refractivity contribution in [3.63, 3.8) is 0 Å². The van der Waals surface area contributed by atoms with E-state index in [1.165, 1.54) is 47.0 Å². The van der Waals surface area contributed by atoms with E-state index >= 15 is 0 Å². The van der Waals surface area contributed by atoms with Gasteiger partial charge in [-0.25, -0.2) is 12.8 Å². The first-order valence-electron chi connectivity index (χ1n) is 11.0. The van der Waals surface area contributed by atoms with Gasteiger partial charge in [0, 0.05) is 11.2 Å². The maximum Gasteiger partial charge on any atom is 0.264 e. The number of thiophene rings is 1. The maximum absolute atomic E-state index is 13.3. The lowest BCUT2D eigenvalue weighted by Crippen LogP contribution is -2.30. The minimum Gasteiger partial charge on any atom is -0.497 e. The fourth-order valence-corrected chi connectivity index (χ4v) is 6.18. The molecule has 6 nitrogen and oxygen atoms in total. The number of hydrogen-bond acceptors (Lipinski definition) is 5. The number of carbonyl (C=O) groups excluding carboxylic acids is 1. The zero-order valence-electron chi connectivity index (χ0n) is 19.5. The predicted molar refractivity (Wildman–Crippen MR) is 137 cm³/mol. The van der Waals surface area contributed by atoms with Crippen LogP contribution in [0, 0.1) is 5.82 Å². The first kappa shape index (κ1) is 24.7. The van der Waals surface area contributed by atoms with Crippen LogP contribution in [0.5, 0.6) is 5.75 Å². The van der Waals surface area contributed by atoms with Crippen molar-refractivity contribution in [2.24, 2.45) is 0 Å². The molecule has 0 radical (unpaired) electrons. The van der Waals surface area contributed by atoms with Gasteiger partial charge in [-0.05, 0) is 85.5 Å². The second kappa shape index (κ2) is 10.1. The Labute approximate surface area is 208 Å². The molecule has 0 spiro atoms. The summed E-state index contributed by atoms with van der Waals surface area (Å²) in [5, 5.41) is 3.70. The number of fused-ring (bicyclic) bond motifs is 1. The van der Waals surface area contributed by atoms with Gasteiger partial charge < -0.3 is 10.1 Å². The van der Waals surface area contributed by atoms with Gasteiger partial charge in [-0.15, -0.1) is 11.3 Å². The fourth-order valence-electron chi connectivity index (χ4n) is 3.77. The number of benzene rings is 3. The Bertz CT molecular complexity index is 1450. The molecular weight excluding hydrogens is 487 g/mol. The van der Waals surface area contributed by atoms with Crippen molar-refractivity contribution in [1.29, 1.82) is 0 Å². The minimum atomic E-state index is -3.78. The molecule has 0 unspecified atom stereocenters. The minimum absolute atomic E-state index is 0.167. The van der Waals surface area contributed by atoms with Gasteiger partial charge in [0.25, 0.3) is 15.9 Å². The van der Waals surface area contributed by atoms with Crippen LogP contribution in [0.1, 0.15) is 35.1 Å². The molecule has 1 amide bonds. The van der Waals surface area contributed by atoms with Gasteiger partial charge >= 0.3 is 0 Å². The molecule has 1 aromatic heterocycles. The molecule has 182 valence electrons. The van der Waals surface area contributed by atoms with Crippen LogP contribution in [0.3, 0.4) is 0 Å². The van der Waals surface area contributed by atoms with Crippen molar-refractivity contribution in [1.82, 2.24) is 5.32 Å². The van der Waals surface area contributed by atoms with Crippen molar-refractivity contribution < 1.29 is 22.3 Å². The van der Waals surface area contributed by atoms with Crippen LogP contribution in [0.25, 0.3) is 10.1 Å². The number of nitrogens with one attached hydrogen (secondary N) is 1. The third kappa shape index (κ3) is 5.16. The number of hydrogen-bond donors (Lipinski definition) is 1. The number of carbonyl (C=O) groups is 1. The lowest BCUT2D eigenvalue weighted by Gasteiger charge is -2.23. The SMILES string of the molecule is CCN(c1ccc2sc(C(=O)N[C@@H](C)c3ccc(F)cc3)cc2c1)S(=O)(=O)c1ccc(OC)cc1. The number of rotatable bonds is 8. The Morgan fingerprint density at radius 3 is 2.37 bits per heavy atom. The van der Waals surface area contributed by atoms with E-state index in [1.54, 1.807) is 49.4 Å². The summed E-state index contributed by atoms with van der Waals surface area (Å²) < 4.78 is 47.1. The summed E-state index contributed by atoms with van der Waals surface area (Å²) >= 11 is 1.33. The van der Waals surface area contributed by atoms with E-state index in [-0.39, 0.29) is 29.2 Å². The third-order valence-electron chi connectivity index (χ3n) is 5.66. The van der Waals surface area contributed by atoms with Crippen molar-refractivity contribution in [2.75, 3.05) is 18.0 Å². The zero-order valence-corrected chi connectivity index (χ0v) is 21.1. The van der Waals surface area contributed by atoms with Crippen LogP contribution in [-0.4, -0.2) is 28.0 Å². The average Bonchev–Trinajstić information content (AvgIpc) is 3.28. The summed E-state index contributed by atoms with van der Waals surface area (Å²) in [5.41, 5.74) is 1.31. The van der Waals surface area contributed by atoms with Gasteiger partial charge in [0.05, 0.1) is 28.6 Å². The lowest BCUT2D eigenvalue weighted by molar-refractivity contribution is 0.0944. The summed E-state index contributed by atoms with van der Waals surface area (Å²) in [7, 11) is -2.26. The van der Waals surface area contributed by atoms with Crippen LogP contribution in [-0.2, 0) is 10.0 Å². The molecule has 35 heavy (non-hydrogen) atoms. The maximum atomic E-state index is 13.3. The number of ether oxygens (including phenoxy) is 1. The highest BCUT2D eigenvalue weighted by Gasteiger charge is 2.24. The molecule has 3 aromatic carbocycles. The normalized spacial score (nSPS) is 12.3. The first-order valence-corrected chi connectivity index (χ1v) is 13.3. The number of sulfonamides is 1. The lowest BCUT2D eigenvalue weighted by atomic mass is 10.1. The van der Waals surface area contributed by atoms with E-state index in [2.05, 4.69) is 5.32 Å². The van der Waals surface area contributed by atoms with E-state index in [4.69, 9.17) is 4.74 Å². The average molecular weight is 513 g/mol. The number of anilines is 1. The van der Waals surface area contributed by atoms with E-state index < -0.39 is 10.0 Å². The van der Waals surface area contributed by atoms with Crippen molar-refractivity contribution in [3.8, 4) is 5.75 Å². The third-order valence-corrected chi connectivity index (χ3v) is 8.70. The van der Waals surface area contributed by atoms with Crippen LogP contribution >= 0.6 is 11.3 Å². The predicted octanol–water partition coefficient (Wildman–Crippen LogP) is 5.76. The van der Waals surface area contributed by atoms with Gasteiger partial charge in [0.2, 0.25) is 0 Å². The Morgan fingerprint density at radius 1 is 1.06 bits per heavy atom. The highest BCUT2D eigenvalue weighted by atomic mass is 32.2. The van der Waals surface area contributed by atoms with Crippen LogP contribution in [0.15, 0.2) is 77.7 Å². The summed E-state index contributed by atoms with van der Waals surface area (Å²) in [6.07, 6.45) is 0. The molecule has 9 heteroatoms. The van der Waals surface area contributed by atoms with Crippen LogP contribution < -0.4 is 14.4 Å². The van der Waals surface area contributed by atoms with Gasteiger partial charge in [0.15, 0.2) is 0 Å². The molecule has 0 aliphatic rings. The highest BCUT2D eigenvalue weighted by Crippen LogP contribution is 2.32. The molecule has 0 saturated carbocycles. The monoisotopic (exact) mass is 512 g/mol. The number of halogens is 1. The summed E-state index contributed by atoms with van der Waals surface area (Å²) in [6.45, 7) is 3.85. The summed E-state index contributed by atoms with van der Waals surface area (Å²) in [6, 6.07) is 19.1.